The second-order valence-electron chi connectivity index (χ2n) is 6.84. The highest BCUT2D eigenvalue weighted by Crippen LogP contribution is 2.19. The molecule has 27 heavy (non-hydrogen) atoms. The summed E-state index contributed by atoms with van der Waals surface area (Å²) in [6, 6.07) is 9.97. The zero-order valence-electron chi connectivity index (χ0n) is 15.5. The van der Waals surface area contributed by atoms with Crippen molar-refractivity contribution in [1.29, 1.82) is 0 Å². The maximum atomic E-state index is 12.3. The Hall–Kier alpha value is -2.93. The number of piperazine rings is 1. The monoisotopic (exact) mass is 364 g/mol. The van der Waals surface area contributed by atoms with Crippen molar-refractivity contribution in [2.24, 2.45) is 0 Å². The van der Waals surface area contributed by atoms with Crippen molar-refractivity contribution < 1.29 is 4.79 Å². The van der Waals surface area contributed by atoms with Gasteiger partial charge in [-0.1, -0.05) is 12.1 Å². The third-order valence-electron chi connectivity index (χ3n) is 4.85. The van der Waals surface area contributed by atoms with E-state index in [9.17, 15) is 4.79 Å². The summed E-state index contributed by atoms with van der Waals surface area (Å²) in [6.45, 7) is 5.91. The van der Waals surface area contributed by atoms with Gasteiger partial charge in [0.2, 0.25) is 5.91 Å². The number of nitrogens with zero attached hydrogens (tertiary/aromatic N) is 3. The first-order chi connectivity index (χ1) is 13.2. The molecule has 0 spiro atoms. The van der Waals surface area contributed by atoms with Crippen LogP contribution >= 0.6 is 0 Å². The molecule has 3 aromatic rings. The Kier molecular flexibility index (Phi) is 5.02. The molecule has 0 radical (unpaired) electrons. The number of nitrogens with one attached hydrogen (secondary N) is 3. The predicted molar refractivity (Wildman–Crippen MR) is 107 cm³/mol. The minimum atomic E-state index is -0.0582. The van der Waals surface area contributed by atoms with Gasteiger partial charge in [0.1, 0.15) is 11.6 Å². The summed E-state index contributed by atoms with van der Waals surface area (Å²) in [6.07, 6.45) is 2.67. The number of aromatic nitrogens is 3. The number of aryl methyl sites for hydroxylation is 2. The summed E-state index contributed by atoms with van der Waals surface area (Å²) in [4.78, 5) is 26.8. The molecular formula is C20H24N6O. The van der Waals surface area contributed by atoms with Crippen molar-refractivity contribution in [3.63, 3.8) is 0 Å². The first-order valence-corrected chi connectivity index (χ1v) is 9.35. The molecule has 1 aromatic carbocycles. The van der Waals surface area contributed by atoms with Crippen LogP contribution in [-0.4, -0.2) is 47.0 Å². The van der Waals surface area contributed by atoms with Crippen molar-refractivity contribution in [3.8, 4) is 0 Å². The summed E-state index contributed by atoms with van der Waals surface area (Å²) in [7, 11) is 0. The van der Waals surface area contributed by atoms with Crippen LogP contribution in [0.4, 0.5) is 11.5 Å². The molecule has 0 aliphatic carbocycles. The molecule has 0 unspecified atom stereocenters. The molecular weight excluding hydrogens is 340 g/mol. The average molecular weight is 364 g/mol. The third kappa shape index (κ3) is 4.09. The number of carbonyl (C=O) groups is 1. The number of rotatable bonds is 5. The summed E-state index contributed by atoms with van der Waals surface area (Å²) in [5, 5.41) is 6.24. The number of carbonyl (C=O) groups excluding carboxylic acids is 1. The number of H-pyrrole nitrogens is 1. The number of imidazole rings is 1. The Morgan fingerprint density at radius 1 is 1.26 bits per heavy atom. The van der Waals surface area contributed by atoms with Crippen molar-refractivity contribution in [2.75, 3.05) is 36.4 Å². The second kappa shape index (κ2) is 7.75. The van der Waals surface area contributed by atoms with E-state index in [0.717, 1.165) is 54.3 Å². The van der Waals surface area contributed by atoms with E-state index in [1.165, 1.54) is 0 Å². The van der Waals surface area contributed by atoms with Gasteiger partial charge in [0, 0.05) is 57.0 Å². The van der Waals surface area contributed by atoms with Crippen LogP contribution in [0.25, 0.3) is 11.0 Å². The Bertz CT molecular complexity index is 945. The van der Waals surface area contributed by atoms with Crippen LogP contribution < -0.4 is 15.5 Å². The molecule has 3 N–H and O–H groups in total. The summed E-state index contributed by atoms with van der Waals surface area (Å²) in [5.74, 6) is 1.37. The van der Waals surface area contributed by atoms with E-state index in [1.807, 2.05) is 37.3 Å². The molecule has 7 heteroatoms. The Morgan fingerprint density at radius 2 is 2.11 bits per heavy atom. The third-order valence-corrected chi connectivity index (χ3v) is 4.85. The normalized spacial score (nSPS) is 14.5. The SMILES string of the molecule is Cc1cccc2[nH]c(CCC(=O)Nc3cc(N4CCNCC4)ccn3)nc12. The van der Waals surface area contributed by atoms with E-state index >= 15 is 0 Å². The minimum absolute atomic E-state index is 0.0582. The quantitative estimate of drug-likeness (QED) is 0.646. The van der Waals surface area contributed by atoms with Crippen molar-refractivity contribution >= 4 is 28.4 Å². The van der Waals surface area contributed by atoms with E-state index in [-0.39, 0.29) is 5.91 Å². The highest BCUT2D eigenvalue weighted by molar-refractivity contribution is 5.90. The highest BCUT2D eigenvalue weighted by Gasteiger charge is 2.12. The van der Waals surface area contributed by atoms with Crippen LogP contribution in [0.3, 0.4) is 0 Å². The fraction of sp³-hybridized carbons (Fsp3) is 0.350. The van der Waals surface area contributed by atoms with Crippen LogP contribution in [0.2, 0.25) is 0 Å². The van der Waals surface area contributed by atoms with E-state index < -0.39 is 0 Å². The number of anilines is 2. The number of benzene rings is 1. The topological polar surface area (TPSA) is 85.9 Å². The number of para-hydroxylation sites is 1. The Labute approximate surface area is 158 Å². The zero-order valence-corrected chi connectivity index (χ0v) is 15.5. The van der Waals surface area contributed by atoms with Gasteiger partial charge in [-0.25, -0.2) is 9.97 Å². The number of amides is 1. The molecule has 0 bridgehead atoms. The Balaban J connectivity index is 1.36. The number of fused-ring (bicyclic) bond motifs is 1. The molecule has 1 fully saturated rings. The first-order valence-electron chi connectivity index (χ1n) is 9.35. The molecule has 1 aliphatic heterocycles. The first kappa shape index (κ1) is 17.5. The smallest absolute Gasteiger partial charge is 0.225 e. The number of aromatic amines is 1. The molecule has 3 heterocycles. The molecule has 0 saturated carbocycles. The van der Waals surface area contributed by atoms with Crippen molar-refractivity contribution in [1.82, 2.24) is 20.3 Å². The number of pyridine rings is 1. The van der Waals surface area contributed by atoms with E-state index in [1.54, 1.807) is 6.20 Å². The fourth-order valence-electron chi connectivity index (χ4n) is 3.39. The lowest BCUT2D eigenvalue weighted by Crippen LogP contribution is -2.43. The van der Waals surface area contributed by atoms with Crippen LogP contribution in [0.5, 0.6) is 0 Å². The van der Waals surface area contributed by atoms with E-state index in [4.69, 9.17) is 0 Å². The zero-order chi connectivity index (χ0) is 18.6. The van der Waals surface area contributed by atoms with Crippen molar-refractivity contribution in [2.45, 2.75) is 19.8 Å². The summed E-state index contributed by atoms with van der Waals surface area (Å²) >= 11 is 0. The van der Waals surface area contributed by atoms with Gasteiger partial charge < -0.3 is 20.5 Å². The predicted octanol–water partition coefficient (Wildman–Crippen LogP) is 2.25. The van der Waals surface area contributed by atoms with Crippen LogP contribution in [-0.2, 0) is 11.2 Å². The number of hydrogen-bond acceptors (Lipinski definition) is 5. The van der Waals surface area contributed by atoms with Crippen molar-refractivity contribution in [3.05, 3.63) is 47.9 Å². The maximum Gasteiger partial charge on any atom is 0.225 e. The van der Waals surface area contributed by atoms with Gasteiger partial charge in [-0.2, -0.15) is 0 Å². The van der Waals surface area contributed by atoms with E-state index in [0.29, 0.717) is 18.7 Å². The largest absolute Gasteiger partial charge is 0.369 e. The van der Waals surface area contributed by atoms with Gasteiger partial charge in [-0.3, -0.25) is 4.79 Å². The standard InChI is InChI=1S/C20H24N6O/c1-14-3-2-4-16-20(14)25-17(23-16)5-6-19(27)24-18-13-15(7-8-22-18)26-11-9-21-10-12-26/h2-4,7-8,13,21H,5-6,9-12H2,1H3,(H,23,25)(H,22,24,27). The summed E-state index contributed by atoms with van der Waals surface area (Å²) < 4.78 is 0. The molecule has 1 amide bonds. The average Bonchev–Trinajstić information content (AvgIpc) is 3.12. The second-order valence-corrected chi connectivity index (χ2v) is 6.84. The van der Waals surface area contributed by atoms with Gasteiger partial charge in [0.25, 0.3) is 0 Å². The highest BCUT2D eigenvalue weighted by atomic mass is 16.1. The lowest BCUT2D eigenvalue weighted by atomic mass is 10.2. The van der Waals surface area contributed by atoms with Gasteiger partial charge in [0.15, 0.2) is 0 Å². The van der Waals surface area contributed by atoms with Gasteiger partial charge >= 0.3 is 0 Å². The molecule has 2 aromatic heterocycles. The molecule has 4 rings (SSSR count). The fourth-order valence-corrected chi connectivity index (χ4v) is 3.39. The molecule has 1 aliphatic rings. The molecule has 1 saturated heterocycles. The maximum absolute atomic E-state index is 12.3. The molecule has 7 nitrogen and oxygen atoms in total. The minimum Gasteiger partial charge on any atom is -0.369 e. The summed E-state index contributed by atoms with van der Waals surface area (Å²) in [5.41, 5.74) is 4.21. The lowest BCUT2D eigenvalue weighted by molar-refractivity contribution is -0.116. The van der Waals surface area contributed by atoms with Crippen LogP contribution in [0.15, 0.2) is 36.5 Å². The van der Waals surface area contributed by atoms with Crippen LogP contribution in [0, 0.1) is 6.92 Å². The Morgan fingerprint density at radius 3 is 2.93 bits per heavy atom. The van der Waals surface area contributed by atoms with Gasteiger partial charge in [0.05, 0.1) is 11.0 Å². The lowest BCUT2D eigenvalue weighted by Gasteiger charge is -2.29. The van der Waals surface area contributed by atoms with Gasteiger partial charge in [-0.05, 0) is 24.6 Å². The van der Waals surface area contributed by atoms with Crippen LogP contribution in [0.1, 0.15) is 17.8 Å². The molecule has 140 valence electrons. The van der Waals surface area contributed by atoms with Gasteiger partial charge in [-0.15, -0.1) is 0 Å². The molecule has 0 atom stereocenters. The number of hydrogen-bond donors (Lipinski definition) is 3. The van der Waals surface area contributed by atoms with E-state index in [2.05, 4.69) is 30.5 Å².